The monoisotopic (exact) mass is 274 g/mol. The minimum absolute atomic E-state index is 0.0213. The second kappa shape index (κ2) is 6.19. The molecule has 0 bridgehead atoms. The Kier molecular flexibility index (Phi) is 4.56. The molecule has 0 spiro atoms. The first-order valence-corrected chi connectivity index (χ1v) is 7.24. The molecule has 0 aliphatic carbocycles. The molecule has 20 heavy (non-hydrogen) atoms. The summed E-state index contributed by atoms with van der Waals surface area (Å²) in [6.45, 7) is 6.21. The Morgan fingerprint density at radius 2 is 2.30 bits per heavy atom. The van der Waals surface area contributed by atoms with Gasteiger partial charge in [0.05, 0.1) is 17.2 Å². The highest BCUT2D eigenvalue weighted by Gasteiger charge is 2.16. The lowest BCUT2D eigenvalue weighted by molar-refractivity contribution is 0.406. The lowest BCUT2D eigenvalue weighted by Crippen LogP contribution is -2.31. The van der Waals surface area contributed by atoms with E-state index in [1.54, 1.807) is 10.7 Å². The van der Waals surface area contributed by atoms with Crippen LogP contribution >= 0.6 is 0 Å². The lowest BCUT2D eigenvalue weighted by atomic mass is 9.89. The van der Waals surface area contributed by atoms with Gasteiger partial charge >= 0.3 is 0 Å². The zero-order valence-corrected chi connectivity index (χ0v) is 12.3. The van der Waals surface area contributed by atoms with Crippen molar-refractivity contribution in [3.05, 3.63) is 27.7 Å². The van der Waals surface area contributed by atoms with Gasteiger partial charge in [-0.05, 0) is 32.3 Å². The highest BCUT2D eigenvalue weighted by atomic mass is 16.1. The molecular formula is C15H22N4O. The first-order chi connectivity index (χ1) is 9.52. The van der Waals surface area contributed by atoms with Gasteiger partial charge in [-0.15, -0.1) is 0 Å². The predicted molar refractivity (Wildman–Crippen MR) is 77.2 cm³/mol. The number of nitrogens with zero attached hydrogens (tertiary/aromatic N) is 3. The Balaban J connectivity index is 1.94. The number of aryl methyl sites for hydroxylation is 1. The van der Waals surface area contributed by atoms with E-state index < -0.39 is 0 Å². The highest BCUT2D eigenvalue weighted by molar-refractivity contribution is 5.20. The maximum absolute atomic E-state index is 12.0. The molecule has 0 amide bonds. The average Bonchev–Trinajstić information content (AvgIpc) is 2.44. The third kappa shape index (κ3) is 3.67. The first-order valence-electron chi connectivity index (χ1n) is 7.24. The fourth-order valence-electron chi connectivity index (χ4n) is 2.40. The number of aromatic nitrogens is 2. The third-order valence-electron chi connectivity index (χ3n) is 3.74. The molecule has 0 saturated carbocycles. The third-order valence-corrected chi connectivity index (χ3v) is 3.74. The van der Waals surface area contributed by atoms with Crippen molar-refractivity contribution in [3.8, 4) is 6.07 Å². The van der Waals surface area contributed by atoms with Crippen molar-refractivity contribution in [1.29, 1.82) is 5.26 Å². The SMILES string of the molecule is CC(C)(C#N)CCCCn1nc2c(cc1=O)CNCC2. The molecule has 1 aliphatic rings. The lowest BCUT2D eigenvalue weighted by Gasteiger charge is -2.17. The van der Waals surface area contributed by atoms with Crippen molar-refractivity contribution < 1.29 is 0 Å². The summed E-state index contributed by atoms with van der Waals surface area (Å²) in [7, 11) is 0. The summed E-state index contributed by atoms with van der Waals surface area (Å²) in [5.74, 6) is 0. The van der Waals surface area contributed by atoms with E-state index in [9.17, 15) is 4.79 Å². The van der Waals surface area contributed by atoms with Crippen molar-refractivity contribution in [3.63, 3.8) is 0 Å². The zero-order valence-electron chi connectivity index (χ0n) is 12.3. The van der Waals surface area contributed by atoms with Gasteiger partial charge in [-0.25, -0.2) is 4.68 Å². The van der Waals surface area contributed by atoms with Crippen molar-refractivity contribution >= 4 is 0 Å². The molecule has 2 rings (SSSR count). The van der Waals surface area contributed by atoms with Crippen LogP contribution in [0.4, 0.5) is 0 Å². The number of hydrogen-bond acceptors (Lipinski definition) is 4. The van der Waals surface area contributed by atoms with Gasteiger partial charge < -0.3 is 5.32 Å². The molecule has 1 aromatic rings. The number of fused-ring (bicyclic) bond motifs is 1. The predicted octanol–water partition coefficient (Wildman–Crippen LogP) is 1.61. The molecule has 0 atom stereocenters. The second-order valence-electron chi connectivity index (χ2n) is 6.06. The molecule has 5 heteroatoms. The van der Waals surface area contributed by atoms with E-state index in [2.05, 4.69) is 16.5 Å². The van der Waals surface area contributed by atoms with E-state index >= 15 is 0 Å². The number of unbranched alkanes of at least 4 members (excludes halogenated alkanes) is 1. The van der Waals surface area contributed by atoms with Gasteiger partial charge in [-0.1, -0.05) is 6.42 Å². The quantitative estimate of drug-likeness (QED) is 0.828. The summed E-state index contributed by atoms with van der Waals surface area (Å²) in [5.41, 5.74) is 1.77. The standard InChI is InChI=1S/C15H22N4O/c1-15(2,11-16)6-3-4-8-19-14(20)9-12-10-17-7-5-13(12)18-19/h9,17H,3-8,10H2,1-2H3. The Hall–Kier alpha value is -1.67. The van der Waals surface area contributed by atoms with Crippen LogP contribution in [0, 0.1) is 16.7 Å². The number of nitriles is 1. The molecule has 0 fully saturated rings. The van der Waals surface area contributed by atoms with Crippen LogP contribution in [0.3, 0.4) is 0 Å². The smallest absolute Gasteiger partial charge is 0.267 e. The zero-order chi connectivity index (χ0) is 14.6. The maximum atomic E-state index is 12.0. The summed E-state index contributed by atoms with van der Waals surface area (Å²) >= 11 is 0. The fourth-order valence-corrected chi connectivity index (χ4v) is 2.40. The Morgan fingerprint density at radius 1 is 1.50 bits per heavy atom. The molecule has 1 aliphatic heterocycles. The van der Waals surface area contributed by atoms with Crippen molar-refractivity contribution in [2.24, 2.45) is 5.41 Å². The largest absolute Gasteiger partial charge is 0.312 e. The molecule has 0 unspecified atom stereocenters. The Labute approximate surface area is 119 Å². The average molecular weight is 274 g/mol. The van der Waals surface area contributed by atoms with Crippen LogP contribution in [-0.2, 0) is 19.5 Å². The molecule has 0 aromatic carbocycles. The molecule has 0 radical (unpaired) electrons. The highest BCUT2D eigenvalue weighted by Crippen LogP contribution is 2.21. The molecule has 0 saturated heterocycles. The van der Waals surface area contributed by atoms with Gasteiger partial charge in [0.1, 0.15) is 0 Å². The van der Waals surface area contributed by atoms with Crippen LogP contribution in [0.15, 0.2) is 10.9 Å². The summed E-state index contributed by atoms with van der Waals surface area (Å²) in [5, 5.41) is 16.7. The molecule has 1 aromatic heterocycles. The van der Waals surface area contributed by atoms with Crippen LogP contribution in [-0.4, -0.2) is 16.3 Å². The van der Waals surface area contributed by atoms with Crippen LogP contribution < -0.4 is 10.9 Å². The molecule has 2 heterocycles. The topological polar surface area (TPSA) is 70.7 Å². The van der Waals surface area contributed by atoms with Gasteiger partial charge in [0.25, 0.3) is 5.56 Å². The molecule has 1 N–H and O–H groups in total. The minimum Gasteiger partial charge on any atom is -0.312 e. The first kappa shape index (κ1) is 14.7. The molecule has 5 nitrogen and oxygen atoms in total. The van der Waals surface area contributed by atoms with Gasteiger partial charge in [-0.2, -0.15) is 10.4 Å². The Bertz CT molecular complexity index is 568. The normalized spacial score (nSPS) is 14.7. The summed E-state index contributed by atoms with van der Waals surface area (Å²) in [6, 6.07) is 4.00. The van der Waals surface area contributed by atoms with Crippen LogP contribution in [0.5, 0.6) is 0 Å². The summed E-state index contributed by atoms with van der Waals surface area (Å²) in [6.07, 6.45) is 3.56. The number of hydrogen-bond donors (Lipinski definition) is 1. The van der Waals surface area contributed by atoms with E-state index in [0.717, 1.165) is 50.0 Å². The van der Waals surface area contributed by atoms with E-state index in [1.165, 1.54) is 0 Å². The Morgan fingerprint density at radius 3 is 3.05 bits per heavy atom. The van der Waals surface area contributed by atoms with Gasteiger partial charge in [-0.3, -0.25) is 4.79 Å². The minimum atomic E-state index is -0.278. The van der Waals surface area contributed by atoms with Crippen LogP contribution in [0.25, 0.3) is 0 Å². The van der Waals surface area contributed by atoms with Gasteiger partial charge in [0, 0.05) is 32.1 Å². The van der Waals surface area contributed by atoms with E-state index in [0.29, 0.717) is 6.54 Å². The maximum Gasteiger partial charge on any atom is 0.267 e. The fraction of sp³-hybridized carbons (Fsp3) is 0.667. The summed E-state index contributed by atoms with van der Waals surface area (Å²) < 4.78 is 1.57. The van der Waals surface area contributed by atoms with Gasteiger partial charge in [0.15, 0.2) is 0 Å². The summed E-state index contributed by atoms with van der Waals surface area (Å²) in [4.78, 5) is 12.0. The second-order valence-corrected chi connectivity index (χ2v) is 6.06. The number of nitrogens with one attached hydrogen (secondary N) is 1. The number of rotatable bonds is 5. The molecular weight excluding hydrogens is 252 g/mol. The van der Waals surface area contributed by atoms with E-state index in [1.807, 2.05) is 13.8 Å². The van der Waals surface area contributed by atoms with Crippen molar-refractivity contribution in [2.45, 2.75) is 52.6 Å². The molecule has 108 valence electrons. The van der Waals surface area contributed by atoms with E-state index in [-0.39, 0.29) is 11.0 Å². The van der Waals surface area contributed by atoms with Crippen LogP contribution in [0.1, 0.15) is 44.4 Å². The van der Waals surface area contributed by atoms with Gasteiger partial charge in [0.2, 0.25) is 0 Å². The van der Waals surface area contributed by atoms with Crippen molar-refractivity contribution in [1.82, 2.24) is 15.1 Å². The van der Waals surface area contributed by atoms with Crippen LogP contribution in [0.2, 0.25) is 0 Å². The van der Waals surface area contributed by atoms with E-state index in [4.69, 9.17) is 5.26 Å². The van der Waals surface area contributed by atoms with Crippen molar-refractivity contribution in [2.75, 3.05) is 6.54 Å².